The van der Waals surface area contributed by atoms with Crippen molar-refractivity contribution in [2.75, 3.05) is 26.8 Å². The molecule has 1 heterocycles. The minimum absolute atomic E-state index is 0.00141. The van der Waals surface area contributed by atoms with Crippen LogP contribution in [-0.4, -0.2) is 48.7 Å². The average Bonchev–Trinajstić information content (AvgIpc) is 2.43. The van der Waals surface area contributed by atoms with Gasteiger partial charge in [0.15, 0.2) is 0 Å². The lowest BCUT2D eigenvalue weighted by molar-refractivity contribution is -0.138. The highest BCUT2D eigenvalue weighted by molar-refractivity contribution is 5.77. The topological polar surface area (TPSA) is 66.8 Å². The summed E-state index contributed by atoms with van der Waals surface area (Å²) in [6.07, 6.45) is 2.77. The minimum atomic E-state index is -0.748. The lowest BCUT2D eigenvalue weighted by Gasteiger charge is -2.19. The van der Waals surface area contributed by atoms with E-state index in [0.717, 1.165) is 25.8 Å². The Labute approximate surface area is 95.4 Å². The Kier molecular flexibility index (Phi) is 5.25. The molecule has 0 aliphatic carbocycles. The van der Waals surface area contributed by atoms with Crippen LogP contribution in [-0.2, 0) is 14.3 Å². The number of methoxy groups -OCH3 is 1. The van der Waals surface area contributed by atoms with Gasteiger partial charge in [0.2, 0.25) is 5.91 Å². The van der Waals surface area contributed by atoms with Crippen molar-refractivity contribution >= 4 is 11.9 Å². The Bertz CT molecular complexity index is 254. The second kappa shape index (κ2) is 6.48. The summed E-state index contributed by atoms with van der Waals surface area (Å²) in [5.74, 6) is -0.544. The van der Waals surface area contributed by atoms with E-state index >= 15 is 0 Å². The number of aliphatic carboxylic acids is 1. The van der Waals surface area contributed by atoms with Crippen LogP contribution in [0.5, 0.6) is 0 Å². The lowest BCUT2D eigenvalue weighted by Crippen LogP contribution is -2.34. The first-order valence-corrected chi connectivity index (χ1v) is 5.62. The molecule has 16 heavy (non-hydrogen) atoms. The highest BCUT2D eigenvalue weighted by Crippen LogP contribution is 2.20. The van der Waals surface area contributed by atoms with Crippen molar-refractivity contribution in [3.8, 4) is 0 Å². The Morgan fingerprint density at radius 3 is 2.75 bits per heavy atom. The molecule has 0 unspecified atom stereocenters. The number of nitrogens with zero attached hydrogens (tertiary/aromatic N) is 1. The molecule has 1 N–H and O–H groups in total. The Hall–Kier alpha value is -1.10. The van der Waals surface area contributed by atoms with Gasteiger partial charge in [0, 0.05) is 26.6 Å². The second-order valence-electron chi connectivity index (χ2n) is 4.21. The monoisotopic (exact) mass is 229 g/mol. The molecule has 5 nitrogen and oxygen atoms in total. The number of likely N-dealkylation sites (tertiary alicyclic amines) is 1. The molecule has 0 aromatic heterocycles. The van der Waals surface area contributed by atoms with Gasteiger partial charge in [-0.3, -0.25) is 9.59 Å². The van der Waals surface area contributed by atoms with Gasteiger partial charge in [-0.05, 0) is 25.2 Å². The zero-order chi connectivity index (χ0) is 12.0. The maximum absolute atomic E-state index is 11.6. The average molecular weight is 229 g/mol. The molecular formula is C11H19NO4. The zero-order valence-corrected chi connectivity index (χ0v) is 9.65. The first kappa shape index (κ1) is 13.0. The van der Waals surface area contributed by atoms with Crippen molar-refractivity contribution in [1.29, 1.82) is 0 Å². The molecule has 1 aliphatic heterocycles. The third kappa shape index (κ3) is 4.18. The predicted molar refractivity (Wildman–Crippen MR) is 58.0 cm³/mol. The van der Waals surface area contributed by atoms with Gasteiger partial charge in [0.05, 0.1) is 0 Å². The van der Waals surface area contributed by atoms with E-state index in [4.69, 9.17) is 9.84 Å². The number of carbonyl (C=O) groups excluding carboxylic acids is 1. The summed E-state index contributed by atoms with van der Waals surface area (Å²) >= 11 is 0. The van der Waals surface area contributed by atoms with Gasteiger partial charge in [-0.15, -0.1) is 0 Å². The zero-order valence-electron chi connectivity index (χ0n) is 9.65. The normalized spacial score (nSPS) is 21.6. The summed E-state index contributed by atoms with van der Waals surface area (Å²) in [6.45, 7) is 1.49. The summed E-state index contributed by atoms with van der Waals surface area (Å²) in [6, 6.07) is 0. The molecule has 92 valence electrons. The highest BCUT2D eigenvalue weighted by Gasteiger charge is 2.21. The van der Waals surface area contributed by atoms with Crippen LogP contribution in [0.1, 0.15) is 25.7 Å². The maximum Gasteiger partial charge on any atom is 0.303 e. The number of carboxylic acids is 1. The lowest BCUT2D eigenvalue weighted by atomic mass is 9.97. The predicted octanol–water partition coefficient (Wildman–Crippen LogP) is 0.736. The largest absolute Gasteiger partial charge is 0.481 e. The van der Waals surface area contributed by atoms with Gasteiger partial charge in [0.25, 0.3) is 0 Å². The fraction of sp³-hybridized carbons (Fsp3) is 0.818. The SMILES string of the molecule is COCC(=O)N1CCC[C@@H](CC(=O)O)CC1. The van der Waals surface area contributed by atoms with Crippen molar-refractivity contribution in [2.24, 2.45) is 5.92 Å². The van der Waals surface area contributed by atoms with Crippen LogP contribution >= 0.6 is 0 Å². The molecule has 1 fully saturated rings. The molecule has 0 spiro atoms. The van der Waals surface area contributed by atoms with Gasteiger partial charge in [-0.25, -0.2) is 0 Å². The number of carboxylic acid groups (broad SMARTS) is 1. The van der Waals surface area contributed by atoms with Crippen molar-refractivity contribution in [2.45, 2.75) is 25.7 Å². The van der Waals surface area contributed by atoms with Gasteiger partial charge in [-0.2, -0.15) is 0 Å². The summed E-state index contributed by atoms with van der Waals surface area (Å²) in [5.41, 5.74) is 0. The van der Waals surface area contributed by atoms with E-state index in [-0.39, 0.29) is 24.9 Å². The van der Waals surface area contributed by atoms with E-state index in [9.17, 15) is 9.59 Å². The standard InChI is InChI=1S/C11H19NO4/c1-16-8-10(13)12-5-2-3-9(4-6-12)7-11(14)15/h9H,2-8H2,1H3,(H,14,15)/t9-/m1/s1. The molecule has 0 saturated carbocycles. The quantitative estimate of drug-likeness (QED) is 0.772. The minimum Gasteiger partial charge on any atom is -0.481 e. The van der Waals surface area contributed by atoms with E-state index < -0.39 is 5.97 Å². The van der Waals surface area contributed by atoms with Crippen LogP contribution in [0.3, 0.4) is 0 Å². The molecule has 1 amide bonds. The molecule has 5 heteroatoms. The van der Waals surface area contributed by atoms with Gasteiger partial charge in [0.1, 0.15) is 6.61 Å². The fourth-order valence-corrected chi connectivity index (χ4v) is 2.08. The molecule has 1 rings (SSSR count). The van der Waals surface area contributed by atoms with E-state index in [1.165, 1.54) is 7.11 Å². The molecule has 0 bridgehead atoms. The van der Waals surface area contributed by atoms with E-state index in [1.807, 2.05) is 0 Å². The van der Waals surface area contributed by atoms with Crippen LogP contribution in [0, 0.1) is 5.92 Å². The van der Waals surface area contributed by atoms with Crippen LogP contribution in [0.15, 0.2) is 0 Å². The smallest absolute Gasteiger partial charge is 0.303 e. The van der Waals surface area contributed by atoms with Crippen molar-refractivity contribution in [3.05, 3.63) is 0 Å². The summed E-state index contributed by atoms with van der Waals surface area (Å²) in [5, 5.41) is 8.72. The van der Waals surface area contributed by atoms with E-state index in [0.29, 0.717) is 6.54 Å². The molecular weight excluding hydrogens is 210 g/mol. The number of carbonyl (C=O) groups is 2. The van der Waals surface area contributed by atoms with E-state index in [1.54, 1.807) is 4.90 Å². The Morgan fingerprint density at radius 1 is 1.38 bits per heavy atom. The molecule has 0 radical (unpaired) electrons. The van der Waals surface area contributed by atoms with Crippen LogP contribution < -0.4 is 0 Å². The maximum atomic E-state index is 11.6. The van der Waals surface area contributed by atoms with Crippen LogP contribution in [0.4, 0.5) is 0 Å². The highest BCUT2D eigenvalue weighted by atomic mass is 16.5. The summed E-state index contributed by atoms with van der Waals surface area (Å²) in [7, 11) is 1.50. The van der Waals surface area contributed by atoms with Crippen LogP contribution in [0.25, 0.3) is 0 Å². The van der Waals surface area contributed by atoms with Crippen molar-refractivity contribution in [1.82, 2.24) is 4.90 Å². The first-order chi connectivity index (χ1) is 7.63. The van der Waals surface area contributed by atoms with Crippen molar-refractivity contribution < 1.29 is 19.4 Å². The molecule has 0 aromatic rings. The number of ether oxygens (including phenoxy) is 1. The number of rotatable bonds is 4. The second-order valence-corrected chi connectivity index (χ2v) is 4.21. The number of hydrogen-bond acceptors (Lipinski definition) is 3. The third-order valence-electron chi connectivity index (χ3n) is 2.93. The molecule has 1 aliphatic rings. The van der Waals surface area contributed by atoms with E-state index in [2.05, 4.69) is 0 Å². The van der Waals surface area contributed by atoms with Crippen molar-refractivity contribution in [3.63, 3.8) is 0 Å². The molecule has 1 saturated heterocycles. The summed E-state index contributed by atoms with van der Waals surface area (Å²) < 4.78 is 4.80. The van der Waals surface area contributed by atoms with Gasteiger partial charge in [-0.1, -0.05) is 0 Å². The molecule has 0 aromatic carbocycles. The van der Waals surface area contributed by atoms with Gasteiger partial charge < -0.3 is 14.7 Å². The third-order valence-corrected chi connectivity index (χ3v) is 2.93. The van der Waals surface area contributed by atoms with Gasteiger partial charge >= 0.3 is 5.97 Å². The fourth-order valence-electron chi connectivity index (χ4n) is 2.08. The first-order valence-electron chi connectivity index (χ1n) is 5.62. The van der Waals surface area contributed by atoms with Crippen LogP contribution in [0.2, 0.25) is 0 Å². The molecule has 1 atom stereocenters. The Balaban J connectivity index is 2.39. The summed E-state index contributed by atoms with van der Waals surface area (Å²) in [4.78, 5) is 23.9. The number of hydrogen-bond donors (Lipinski definition) is 1. The number of amides is 1. The Morgan fingerprint density at radius 2 is 2.12 bits per heavy atom.